The van der Waals surface area contributed by atoms with Crippen LogP contribution in [-0.2, 0) is 10.3 Å². The number of nitrogens with zero attached hydrogens (tertiary/aromatic N) is 2. The van der Waals surface area contributed by atoms with Crippen LogP contribution in [0.3, 0.4) is 0 Å². The highest BCUT2D eigenvalue weighted by Crippen LogP contribution is 2.50. The predicted octanol–water partition coefficient (Wildman–Crippen LogP) is 2.98. The highest BCUT2D eigenvalue weighted by atomic mass is 16.5. The molecule has 2 heterocycles. The van der Waals surface area contributed by atoms with E-state index in [4.69, 9.17) is 14.5 Å². The molecule has 0 saturated heterocycles. The lowest BCUT2D eigenvalue weighted by molar-refractivity contribution is 0.243. The van der Waals surface area contributed by atoms with Crippen molar-refractivity contribution in [2.24, 2.45) is 4.99 Å². The van der Waals surface area contributed by atoms with Crippen molar-refractivity contribution in [3.63, 3.8) is 0 Å². The van der Waals surface area contributed by atoms with Gasteiger partial charge in [-0.3, -0.25) is 0 Å². The van der Waals surface area contributed by atoms with Gasteiger partial charge in [-0.25, -0.2) is 4.99 Å². The van der Waals surface area contributed by atoms with Crippen molar-refractivity contribution in [3.8, 4) is 11.5 Å². The molecule has 2 aliphatic rings. The van der Waals surface area contributed by atoms with Gasteiger partial charge >= 0.3 is 0 Å². The maximum Gasteiger partial charge on any atom is 0.288 e. The van der Waals surface area contributed by atoms with Gasteiger partial charge in [0.05, 0.1) is 0 Å². The van der Waals surface area contributed by atoms with Gasteiger partial charge in [-0.2, -0.15) is 0 Å². The smallest absolute Gasteiger partial charge is 0.288 e. The molecule has 2 aromatic rings. The van der Waals surface area contributed by atoms with Gasteiger partial charge in [-0.15, -0.1) is 0 Å². The van der Waals surface area contributed by atoms with Gasteiger partial charge in [0, 0.05) is 25.2 Å². The number of rotatable bonds is 0. The van der Waals surface area contributed by atoms with Gasteiger partial charge in [0.1, 0.15) is 18.1 Å². The molecule has 4 rings (SSSR count). The lowest BCUT2D eigenvalue weighted by atomic mass is 9.81. The van der Waals surface area contributed by atoms with Gasteiger partial charge in [0.25, 0.3) is 6.02 Å². The van der Waals surface area contributed by atoms with E-state index < -0.39 is 5.54 Å². The zero-order valence-corrected chi connectivity index (χ0v) is 12.0. The SMILES string of the molecule is CN(C)C1=NC2(CO1)c1ccccc1Oc1ccccc12. The molecule has 0 amide bonds. The Balaban J connectivity index is 1.99. The highest BCUT2D eigenvalue weighted by molar-refractivity contribution is 5.78. The summed E-state index contributed by atoms with van der Waals surface area (Å²) in [6.45, 7) is 0.498. The monoisotopic (exact) mass is 280 g/mol. The molecule has 106 valence electrons. The van der Waals surface area contributed by atoms with E-state index in [1.807, 2.05) is 55.4 Å². The Bertz CT molecular complexity index is 692. The summed E-state index contributed by atoms with van der Waals surface area (Å²) < 4.78 is 11.9. The fourth-order valence-corrected chi connectivity index (χ4v) is 2.96. The molecule has 0 atom stereocenters. The van der Waals surface area contributed by atoms with Crippen LogP contribution in [0.15, 0.2) is 53.5 Å². The van der Waals surface area contributed by atoms with Crippen molar-refractivity contribution in [2.75, 3.05) is 20.7 Å². The molecule has 21 heavy (non-hydrogen) atoms. The van der Waals surface area contributed by atoms with Crippen molar-refractivity contribution in [2.45, 2.75) is 5.54 Å². The zero-order valence-electron chi connectivity index (χ0n) is 12.0. The topological polar surface area (TPSA) is 34.1 Å². The van der Waals surface area contributed by atoms with Gasteiger partial charge in [-0.05, 0) is 12.1 Å². The molecule has 4 heteroatoms. The van der Waals surface area contributed by atoms with E-state index in [1.165, 1.54) is 0 Å². The van der Waals surface area contributed by atoms with Crippen LogP contribution in [0.2, 0.25) is 0 Å². The number of hydrogen-bond acceptors (Lipinski definition) is 4. The molecule has 0 radical (unpaired) electrons. The second-order valence-corrected chi connectivity index (χ2v) is 5.53. The van der Waals surface area contributed by atoms with Gasteiger partial charge < -0.3 is 14.4 Å². The Morgan fingerprint density at radius 1 is 0.952 bits per heavy atom. The van der Waals surface area contributed by atoms with Crippen molar-refractivity contribution < 1.29 is 9.47 Å². The first-order chi connectivity index (χ1) is 10.2. The van der Waals surface area contributed by atoms with Crippen LogP contribution < -0.4 is 4.74 Å². The average Bonchev–Trinajstić information content (AvgIpc) is 2.94. The number of fused-ring (bicyclic) bond motifs is 4. The number of benzene rings is 2. The molecule has 2 aliphatic heterocycles. The van der Waals surface area contributed by atoms with Crippen LogP contribution >= 0.6 is 0 Å². The third-order valence-electron chi connectivity index (χ3n) is 3.96. The number of ether oxygens (including phenoxy) is 2. The van der Waals surface area contributed by atoms with Gasteiger partial charge in [0.2, 0.25) is 0 Å². The van der Waals surface area contributed by atoms with Crippen molar-refractivity contribution in [1.29, 1.82) is 0 Å². The van der Waals surface area contributed by atoms with Crippen LogP contribution in [0, 0.1) is 0 Å². The number of para-hydroxylation sites is 2. The average molecular weight is 280 g/mol. The van der Waals surface area contributed by atoms with E-state index in [0.717, 1.165) is 22.6 Å². The summed E-state index contributed by atoms with van der Waals surface area (Å²) >= 11 is 0. The first-order valence-corrected chi connectivity index (χ1v) is 6.97. The van der Waals surface area contributed by atoms with Crippen LogP contribution in [0.1, 0.15) is 11.1 Å². The first kappa shape index (κ1) is 12.3. The molecule has 0 N–H and O–H groups in total. The molecule has 0 unspecified atom stereocenters. The third kappa shape index (κ3) is 1.65. The summed E-state index contributed by atoms with van der Waals surface area (Å²) in [5.74, 6) is 1.70. The Morgan fingerprint density at radius 2 is 1.52 bits per heavy atom. The van der Waals surface area contributed by atoms with Crippen LogP contribution in [-0.4, -0.2) is 31.6 Å². The van der Waals surface area contributed by atoms with Crippen LogP contribution in [0.5, 0.6) is 11.5 Å². The van der Waals surface area contributed by atoms with E-state index >= 15 is 0 Å². The standard InChI is InChI=1S/C17H16N2O2/c1-19(2)16-18-17(11-20-16)12-7-3-5-9-14(12)21-15-10-6-4-8-13(15)17/h3-10H,11H2,1-2H3. The fourth-order valence-electron chi connectivity index (χ4n) is 2.96. The molecule has 0 bridgehead atoms. The Kier molecular flexibility index (Phi) is 2.48. The van der Waals surface area contributed by atoms with Crippen molar-refractivity contribution >= 4 is 6.02 Å². The maximum absolute atomic E-state index is 6.02. The Labute approximate surface area is 123 Å². The molecule has 0 aromatic heterocycles. The van der Waals surface area contributed by atoms with Crippen molar-refractivity contribution in [1.82, 2.24) is 4.90 Å². The van der Waals surface area contributed by atoms with E-state index in [2.05, 4.69) is 12.1 Å². The minimum atomic E-state index is -0.509. The summed E-state index contributed by atoms with van der Waals surface area (Å²) in [6, 6.07) is 16.7. The number of aliphatic imine (C=N–C) groups is 1. The number of amidine groups is 1. The molecule has 4 nitrogen and oxygen atoms in total. The lowest BCUT2D eigenvalue weighted by Crippen LogP contribution is -2.30. The molecule has 1 spiro atoms. The number of hydrogen-bond donors (Lipinski definition) is 0. The first-order valence-electron chi connectivity index (χ1n) is 6.97. The van der Waals surface area contributed by atoms with E-state index in [9.17, 15) is 0 Å². The third-order valence-corrected chi connectivity index (χ3v) is 3.96. The summed E-state index contributed by atoms with van der Waals surface area (Å²) in [6.07, 6.45) is 0. The van der Waals surface area contributed by atoms with Crippen molar-refractivity contribution in [3.05, 3.63) is 59.7 Å². The Hall–Kier alpha value is -2.49. The minimum Gasteiger partial charge on any atom is -0.462 e. The quantitative estimate of drug-likeness (QED) is 0.744. The largest absolute Gasteiger partial charge is 0.462 e. The molecular weight excluding hydrogens is 264 g/mol. The molecule has 0 fully saturated rings. The summed E-state index contributed by atoms with van der Waals surface area (Å²) in [7, 11) is 3.88. The van der Waals surface area contributed by atoms with Crippen LogP contribution in [0.4, 0.5) is 0 Å². The van der Waals surface area contributed by atoms with E-state index in [0.29, 0.717) is 12.6 Å². The minimum absolute atomic E-state index is 0.498. The normalized spacial score (nSPS) is 17.3. The Morgan fingerprint density at radius 3 is 2.05 bits per heavy atom. The van der Waals surface area contributed by atoms with Crippen LogP contribution in [0.25, 0.3) is 0 Å². The van der Waals surface area contributed by atoms with Gasteiger partial charge in [-0.1, -0.05) is 36.4 Å². The van der Waals surface area contributed by atoms with E-state index in [-0.39, 0.29) is 0 Å². The molecule has 0 aliphatic carbocycles. The zero-order chi connectivity index (χ0) is 14.4. The molecule has 0 saturated carbocycles. The fraction of sp³-hybridized carbons (Fsp3) is 0.235. The molecule has 2 aromatic carbocycles. The predicted molar refractivity (Wildman–Crippen MR) is 80.8 cm³/mol. The summed E-state index contributed by atoms with van der Waals surface area (Å²) in [5, 5.41) is 0. The molecular formula is C17H16N2O2. The van der Waals surface area contributed by atoms with Gasteiger partial charge in [0.15, 0.2) is 5.54 Å². The highest BCUT2D eigenvalue weighted by Gasteiger charge is 2.47. The maximum atomic E-state index is 6.02. The summed E-state index contributed by atoms with van der Waals surface area (Å²) in [5.41, 5.74) is 1.60. The second-order valence-electron chi connectivity index (χ2n) is 5.53. The lowest BCUT2D eigenvalue weighted by Gasteiger charge is -2.33. The van der Waals surface area contributed by atoms with E-state index in [1.54, 1.807) is 0 Å². The summed E-state index contributed by atoms with van der Waals surface area (Å²) in [4.78, 5) is 6.80. The second kappa shape index (κ2) is 4.25.